The van der Waals surface area contributed by atoms with Crippen LogP contribution in [-0.4, -0.2) is 12.6 Å². The normalized spacial score (nSPS) is 20.8. The van der Waals surface area contributed by atoms with E-state index in [4.69, 9.17) is 0 Å². The second-order valence-corrected chi connectivity index (χ2v) is 4.49. The summed E-state index contributed by atoms with van der Waals surface area (Å²) < 4.78 is 0. The van der Waals surface area contributed by atoms with Gasteiger partial charge in [-0.15, -0.1) is 0 Å². The van der Waals surface area contributed by atoms with Crippen LogP contribution < -0.4 is 5.32 Å². The van der Waals surface area contributed by atoms with Crippen LogP contribution >= 0.6 is 0 Å². The number of nitrogens with one attached hydrogen (secondary N) is 1. The molecule has 0 aromatic heterocycles. The first-order valence-corrected chi connectivity index (χ1v) is 6.08. The summed E-state index contributed by atoms with van der Waals surface area (Å²) in [5, 5.41) is 3.66. The van der Waals surface area contributed by atoms with Crippen LogP contribution in [0.2, 0.25) is 0 Å². The molecular weight excluding hydrogens is 158 g/mol. The molecule has 1 nitrogen and oxygen atoms in total. The highest BCUT2D eigenvalue weighted by Crippen LogP contribution is 2.27. The Labute approximate surface area is 83.3 Å². The fourth-order valence-corrected chi connectivity index (χ4v) is 2.33. The molecule has 1 saturated carbocycles. The molecule has 1 fully saturated rings. The lowest BCUT2D eigenvalue weighted by Crippen LogP contribution is -2.32. The van der Waals surface area contributed by atoms with Gasteiger partial charge in [0.2, 0.25) is 0 Å². The summed E-state index contributed by atoms with van der Waals surface area (Å²) >= 11 is 0. The van der Waals surface area contributed by atoms with E-state index in [1.165, 1.54) is 51.5 Å². The van der Waals surface area contributed by atoms with Crippen LogP contribution in [0.25, 0.3) is 0 Å². The minimum Gasteiger partial charge on any atom is -0.314 e. The highest BCUT2D eigenvalue weighted by atomic mass is 14.9. The van der Waals surface area contributed by atoms with Gasteiger partial charge in [0.1, 0.15) is 0 Å². The third-order valence-corrected chi connectivity index (χ3v) is 3.35. The van der Waals surface area contributed by atoms with E-state index in [2.05, 4.69) is 19.2 Å². The molecule has 0 bridgehead atoms. The van der Waals surface area contributed by atoms with Crippen molar-refractivity contribution in [1.29, 1.82) is 0 Å². The second kappa shape index (κ2) is 6.42. The molecule has 78 valence electrons. The largest absolute Gasteiger partial charge is 0.314 e. The summed E-state index contributed by atoms with van der Waals surface area (Å²) in [5.74, 6) is 0.974. The summed E-state index contributed by atoms with van der Waals surface area (Å²) in [5.41, 5.74) is 0. The van der Waals surface area contributed by atoms with E-state index in [9.17, 15) is 0 Å². The molecule has 13 heavy (non-hydrogen) atoms. The van der Waals surface area contributed by atoms with Crippen molar-refractivity contribution in [2.75, 3.05) is 6.54 Å². The highest BCUT2D eigenvalue weighted by Gasteiger charge is 2.20. The summed E-state index contributed by atoms with van der Waals surface area (Å²) in [4.78, 5) is 0. The Bertz CT molecular complexity index is 116. The second-order valence-electron chi connectivity index (χ2n) is 4.49. The Morgan fingerprint density at radius 1 is 1.23 bits per heavy atom. The predicted molar refractivity (Wildman–Crippen MR) is 58.9 cm³/mol. The summed E-state index contributed by atoms with van der Waals surface area (Å²) in [6.07, 6.45) is 9.92. The van der Waals surface area contributed by atoms with E-state index in [1.807, 2.05) is 0 Å². The molecule has 1 aliphatic carbocycles. The van der Waals surface area contributed by atoms with Gasteiger partial charge in [-0.1, -0.05) is 32.6 Å². The Kier molecular flexibility index (Phi) is 5.45. The monoisotopic (exact) mass is 183 g/mol. The summed E-state index contributed by atoms with van der Waals surface area (Å²) in [6.45, 7) is 5.85. The van der Waals surface area contributed by atoms with E-state index in [1.54, 1.807) is 0 Å². The Balaban J connectivity index is 1.99. The molecule has 0 heterocycles. The fraction of sp³-hybridized carbons (Fsp3) is 1.00. The van der Waals surface area contributed by atoms with Crippen LogP contribution in [0.15, 0.2) is 0 Å². The summed E-state index contributed by atoms with van der Waals surface area (Å²) in [6, 6.07) is 0.763. The van der Waals surface area contributed by atoms with Crippen LogP contribution in [0.1, 0.15) is 58.8 Å². The van der Waals surface area contributed by atoms with Gasteiger partial charge in [-0.25, -0.2) is 0 Å². The van der Waals surface area contributed by atoms with Crippen molar-refractivity contribution in [3.05, 3.63) is 0 Å². The van der Waals surface area contributed by atoms with Gasteiger partial charge in [0.15, 0.2) is 0 Å². The Hall–Kier alpha value is -0.0400. The van der Waals surface area contributed by atoms with Crippen molar-refractivity contribution >= 4 is 0 Å². The lowest BCUT2D eigenvalue weighted by atomic mass is 10.00. The molecule has 1 heteroatoms. The highest BCUT2D eigenvalue weighted by molar-refractivity contribution is 4.76. The van der Waals surface area contributed by atoms with Crippen molar-refractivity contribution in [3.63, 3.8) is 0 Å². The minimum absolute atomic E-state index is 0.763. The van der Waals surface area contributed by atoms with Crippen LogP contribution in [-0.2, 0) is 0 Å². The van der Waals surface area contributed by atoms with Crippen molar-refractivity contribution in [2.45, 2.75) is 64.8 Å². The smallest absolute Gasteiger partial charge is 0.00669 e. The molecular formula is C12H25N. The first-order chi connectivity index (χ1) is 6.34. The van der Waals surface area contributed by atoms with Crippen molar-refractivity contribution in [2.24, 2.45) is 5.92 Å². The average molecular weight is 183 g/mol. The quantitative estimate of drug-likeness (QED) is 0.623. The maximum Gasteiger partial charge on any atom is 0.00669 e. The lowest BCUT2D eigenvalue weighted by molar-refractivity contribution is 0.378. The van der Waals surface area contributed by atoms with E-state index in [0.717, 1.165) is 12.0 Å². The first kappa shape index (κ1) is 11.0. The van der Waals surface area contributed by atoms with Crippen LogP contribution in [0.5, 0.6) is 0 Å². The first-order valence-electron chi connectivity index (χ1n) is 6.08. The Morgan fingerprint density at radius 2 is 1.92 bits per heavy atom. The molecule has 0 amide bonds. The Morgan fingerprint density at radius 3 is 2.54 bits per heavy atom. The number of hydrogen-bond donors (Lipinski definition) is 1. The van der Waals surface area contributed by atoms with Gasteiger partial charge in [0.25, 0.3) is 0 Å². The zero-order valence-electron chi connectivity index (χ0n) is 9.31. The molecule has 0 saturated heterocycles. The van der Waals surface area contributed by atoms with Gasteiger partial charge in [-0.05, 0) is 38.6 Å². The molecule has 0 spiro atoms. The van der Waals surface area contributed by atoms with E-state index < -0.39 is 0 Å². The van der Waals surface area contributed by atoms with E-state index in [-0.39, 0.29) is 0 Å². The molecule has 1 atom stereocenters. The van der Waals surface area contributed by atoms with Crippen molar-refractivity contribution in [3.8, 4) is 0 Å². The standard InChI is InChI=1S/C12H25N/c1-3-4-7-10-13-11(2)12-8-5-6-9-12/h11-13H,3-10H2,1-2H3/t11-/m1/s1. The molecule has 0 radical (unpaired) electrons. The zero-order chi connectivity index (χ0) is 9.52. The third kappa shape index (κ3) is 4.12. The summed E-state index contributed by atoms with van der Waals surface area (Å²) in [7, 11) is 0. The maximum atomic E-state index is 3.66. The molecule has 0 aliphatic heterocycles. The van der Waals surface area contributed by atoms with Crippen LogP contribution in [0, 0.1) is 5.92 Å². The van der Waals surface area contributed by atoms with Crippen molar-refractivity contribution in [1.82, 2.24) is 5.32 Å². The maximum absolute atomic E-state index is 3.66. The lowest BCUT2D eigenvalue weighted by Gasteiger charge is -2.20. The van der Waals surface area contributed by atoms with E-state index in [0.29, 0.717) is 0 Å². The van der Waals surface area contributed by atoms with Gasteiger partial charge in [0, 0.05) is 6.04 Å². The topological polar surface area (TPSA) is 12.0 Å². The average Bonchev–Trinajstić information content (AvgIpc) is 2.65. The third-order valence-electron chi connectivity index (χ3n) is 3.35. The number of unbranched alkanes of at least 4 members (excludes halogenated alkanes) is 2. The van der Waals surface area contributed by atoms with Gasteiger partial charge in [-0.3, -0.25) is 0 Å². The van der Waals surface area contributed by atoms with Gasteiger partial charge in [0.05, 0.1) is 0 Å². The molecule has 1 aliphatic rings. The van der Waals surface area contributed by atoms with Gasteiger partial charge < -0.3 is 5.32 Å². The van der Waals surface area contributed by atoms with Crippen molar-refractivity contribution < 1.29 is 0 Å². The molecule has 1 N–H and O–H groups in total. The number of hydrogen-bond acceptors (Lipinski definition) is 1. The predicted octanol–water partition coefficient (Wildman–Crippen LogP) is 3.34. The van der Waals surface area contributed by atoms with E-state index >= 15 is 0 Å². The molecule has 0 aromatic carbocycles. The molecule has 1 rings (SSSR count). The van der Waals surface area contributed by atoms with Crippen LogP contribution in [0.3, 0.4) is 0 Å². The number of rotatable bonds is 6. The zero-order valence-corrected chi connectivity index (χ0v) is 9.31. The minimum atomic E-state index is 0.763. The SMILES string of the molecule is CCCCCN[C@H](C)C1CCCC1. The fourth-order valence-electron chi connectivity index (χ4n) is 2.33. The van der Waals surface area contributed by atoms with Gasteiger partial charge >= 0.3 is 0 Å². The van der Waals surface area contributed by atoms with Crippen LogP contribution in [0.4, 0.5) is 0 Å². The molecule has 0 aromatic rings. The van der Waals surface area contributed by atoms with Gasteiger partial charge in [-0.2, -0.15) is 0 Å². The molecule has 0 unspecified atom stereocenters.